The Morgan fingerprint density at radius 3 is 2.68 bits per heavy atom. The maximum Gasteiger partial charge on any atom is 0.321 e. The molecule has 2 aliphatic rings. The molecule has 8 nitrogen and oxygen atoms in total. The van der Waals surface area contributed by atoms with Gasteiger partial charge in [0.05, 0.1) is 54.8 Å². The molecule has 9 heteroatoms. The van der Waals surface area contributed by atoms with Crippen LogP contribution in [0.15, 0.2) is 48.5 Å². The number of benzene rings is 2. The highest BCUT2D eigenvalue weighted by Crippen LogP contribution is 2.40. The minimum atomic E-state index is -0.955. The van der Waals surface area contributed by atoms with E-state index < -0.39 is 18.1 Å². The molecular formula is C25H25ClN4O4. The summed E-state index contributed by atoms with van der Waals surface area (Å²) in [6, 6.07) is 15.2. The van der Waals surface area contributed by atoms with E-state index in [0.717, 1.165) is 28.1 Å². The van der Waals surface area contributed by atoms with Crippen LogP contribution in [0.25, 0.3) is 11.1 Å². The van der Waals surface area contributed by atoms with Crippen molar-refractivity contribution in [3.63, 3.8) is 0 Å². The van der Waals surface area contributed by atoms with Crippen molar-refractivity contribution in [1.82, 2.24) is 14.9 Å². The van der Waals surface area contributed by atoms with Gasteiger partial charge in [-0.05, 0) is 11.6 Å². The van der Waals surface area contributed by atoms with E-state index in [1.165, 1.54) is 0 Å². The Morgan fingerprint density at radius 2 is 1.94 bits per heavy atom. The van der Waals surface area contributed by atoms with E-state index in [-0.39, 0.29) is 19.5 Å². The molecule has 0 saturated carbocycles. The highest BCUT2D eigenvalue weighted by Gasteiger charge is 2.37. The Morgan fingerprint density at radius 1 is 1.15 bits per heavy atom. The van der Waals surface area contributed by atoms with Crippen molar-refractivity contribution in [1.29, 1.82) is 0 Å². The van der Waals surface area contributed by atoms with Crippen LogP contribution in [0.1, 0.15) is 23.5 Å². The van der Waals surface area contributed by atoms with Gasteiger partial charge >= 0.3 is 5.97 Å². The lowest BCUT2D eigenvalue weighted by molar-refractivity contribution is -0.142. The van der Waals surface area contributed by atoms with Crippen LogP contribution in [0.5, 0.6) is 5.88 Å². The number of hydrogen-bond acceptors (Lipinski definition) is 7. The number of aliphatic hydroxyl groups is 1. The minimum absolute atomic E-state index is 0.196. The zero-order chi connectivity index (χ0) is 23.8. The first-order valence-electron chi connectivity index (χ1n) is 11.1. The first-order chi connectivity index (χ1) is 16.4. The molecule has 34 heavy (non-hydrogen) atoms. The van der Waals surface area contributed by atoms with Gasteiger partial charge in [0.2, 0.25) is 5.88 Å². The molecule has 0 bridgehead atoms. The van der Waals surface area contributed by atoms with E-state index >= 15 is 0 Å². The number of anilines is 1. The lowest BCUT2D eigenvalue weighted by Gasteiger charge is -2.20. The summed E-state index contributed by atoms with van der Waals surface area (Å²) >= 11 is 6.85. The number of carboxylic acids is 1. The molecule has 2 atom stereocenters. The molecule has 176 valence electrons. The number of rotatable bonds is 6. The molecule has 1 fully saturated rings. The van der Waals surface area contributed by atoms with Gasteiger partial charge in [-0.2, -0.15) is 4.98 Å². The van der Waals surface area contributed by atoms with Crippen molar-refractivity contribution in [2.75, 3.05) is 18.6 Å². The Balaban J connectivity index is 1.42. The Labute approximate surface area is 202 Å². The van der Waals surface area contributed by atoms with E-state index in [1.807, 2.05) is 48.5 Å². The molecule has 1 saturated heterocycles. The molecule has 3 aromatic rings. The number of fused-ring (bicyclic) bond motifs is 1. The minimum Gasteiger partial charge on any atom is -0.481 e. The zero-order valence-corrected chi connectivity index (χ0v) is 19.4. The number of nitrogens with zero attached hydrogens (tertiary/aromatic N) is 4. The Hall–Kier alpha value is -3.20. The average Bonchev–Trinajstić information content (AvgIpc) is 3.42. The summed E-state index contributed by atoms with van der Waals surface area (Å²) in [5, 5.41) is 20.1. The van der Waals surface area contributed by atoms with Gasteiger partial charge in [-0.3, -0.25) is 9.69 Å². The van der Waals surface area contributed by atoms with Crippen molar-refractivity contribution in [3.05, 3.63) is 70.6 Å². The number of ether oxygens (including phenoxy) is 1. The largest absolute Gasteiger partial charge is 0.481 e. The Kier molecular flexibility index (Phi) is 6.12. The lowest BCUT2D eigenvalue weighted by atomic mass is 10.0. The van der Waals surface area contributed by atoms with Crippen LogP contribution in [-0.4, -0.2) is 56.9 Å². The number of carbonyl (C=O) groups is 1. The average molecular weight is 481 g/mol. The van der Waals surface area contributed by atoms with Crippen molar-refractivity contribution >= 4 is 23.3 Å². The van der Waals surface area contributed by atoms with Gasteiger partial charge in [0.15, 0.2) is 0 Å². The molecule has 0 radical (unpaired) electrons. The number of carboxylic acid groups (broad SMARTS) is 1. The molecule has 0 amide bonds. The summed E-state index contributed by atoms with van der Waals surface area (Å²) in [7, 11) is 1.57. The number of methoxy groups -OCH3 is 1. The second kappa shape index (κ2) is 9.21. The predicted octanol–water partition coefficient (Wildman–Crippen LogP) is 3.35. The first-order valence-corrected chi connectivity index (χ1v) is 11.5. The van der Waals surface area contributed by atoms with Gasteiger partial charge in [0.1, 0.15) is 11.9 Å². The maximum absolute atomic E-state index is 11.6. The normalized spacial score (nSPS) is 19.9. The molecule has 0 unspecified atom stereocenters. The van der Waals surface area contributed by atoms with Gasteiger partial charge in [-0.25, -0.2) is 4.98 Å². The second-order valence-electron chi connectivity index (χ2n) is 8.61. The van der Waals surface area contributed by atoms with Crippen LogP contribution in [0.4, 0.5) is 5.69 Å². The van der Waals surface area contributed by atoms with Gasteiger partial charge < -0.3 is 19.8 Å². The molecule has 0 spiro atoms. The van der Waals surface area contributed by atoms with Crippen molar-refractivity contribution < 1.29 is 19.7 Å². The van der Waals surface area contributed by atoms with E-state index in [2.05, 4.69) is 9.88 Å². The third kappa shape index (κ3) is 4.20. The summed E-state index contributed by atoms with van der Waals surface area (Å²) in [5.74, 6) is -0.00446. The van der Waals surface area contributed by atoms with Gasteiger partial charge in [-0.1, -0.05) is 54.1 Å². The molecule has 2 aliphatic heterocycles. The summed E-state index contributed by atoms with van der Waals surface area (Å²) in [6.07, 6.45) is -0.478. The van der Waals surface area contributed by atoms with Crippen molar-refractivity contribution in [2.45, 2.75) is 38.2 Å². The van der Waals surface area contributed by atoms with Gasteiger partial charge in [0.25, 0.3) is 0 Å². The van der Waals surface area contributed by atoms with E-state index in [1.54, 1.807) is 12.0 Å². The van der Waals surface area contributed by atoms with Crippen LogP contribution in [0.2, 0.25) is 5.02 Å². The smallest absolute Gasteiger partial charge is 0.321 e. The summed E-state index contributed by atoms with van der Waals surface area (Å²) in [5.41, 5.74) is 4.63. The second-order valence-corrected chi connectivity index (χ2v) is 8.99. The number of hydrogen-bond donors (Lipinski definition) is 2. The van der Waals surface area contributed by atoms with Gasteiger partial charge in [-0.15, -0.1) is 0 Å². The summed E-state index contributed by atoms with van der Waals surface area (Å²) in [4.78, 5) is 24.7. The third-order valence-corrected chi connectivity index (χ3v) is 6.80. The third-order valence-electron chi connectivity index (χ3n) is 6.40. The first kappa shape index (κ1) is 22.6. The molecular weight excluding hydrogens is 456 g/mol. The van der Waals surface area contributed by atoms with Crippen LogP contribution in [0, 0.1) is 0 Å². The zero-order valence-electron chi connectivity index (χ0n) is 18.7. The molecule has 2 N–H and O–H groups in total. The fourth-order valence-corrected chi connectivity index (χ4v) is 5.14. The van der Waals surface area contributed by atoms with Crippen LogP contribution < -0.4 is 9.64 Å². The fraction of sp³-hybridized carbons (Fsp3) is 0.320. The quantitative estimate of drug-likeness (QED) is 0.554. The number of aliphatic carboxylic acids is 1. The number of aliphatic hydroxyl groups excluding tert-OH is 1. The maximum atomic E-state index is 11.6. The monoisotopic (exact) mass is 480 g/mol. The number of β-amino-alcohol motifs (C(OH)–C–C–N with tert-alkyl or cyclic N) is 1. The summed E-state index contributed by atoms with van der Waals surface area (Å²) < 4.78 is 5.57. The highest BCUT2D eigenvalue weighted by molar-refractivity contribution is 6.36. The molecule has 1 aromatic heterocycles. The van der Waals surface area contributed by atoms with Crippen molar-refractivity contribution in [2.24, 2.45) is 0 Å². The van der Waals surface area contributed by atoms with Crippen LogP contribution in [-0.2, 0) is 24.4 Å². The number of likely N-dealkylation sites (tertiary alicyclic amines) is 1. The summed E-state index contributed by atoms with van der Waals surface area (Å²) in [6.45, 7) is 1.58. The molecule has 3 heterocycles. The fourth-order valence-electron chi connectivity index (χ4n) is 4.78. The highest BCUT2D eigenvalue weighted by atomic mass is 35.5. The standard InChI is InChI=1S/C25H25ClN4O4/c1-34-24-18-12-30(20-9-5-8-17(23(20)26)15-6-3-2-4-7-15)13-19(18)27-22(28-24)14-29-11-16(31)10-21(29)25(32)33/h2-9,16,21,31H,10-14H2,1H3,(H,32,33)/t16-,21-/m0/s1. The number of halogens is 1. The topological polar surface area (TPSA) is 99.0 Å². The van der Waals surface area contributed by atoms with E-state index in [4.69, 9.17) is 21.3 Å². The lowest BCUT2D eigenvalue weighted by Crippen LogP contribution is -2.36. The van der Waals surface area contributed by atoms with E-state index in [9.17, 15) is 15.0 Å². The molecule has 2 aromatic carbocycles. The number of aromatic nitrogens is 2. The molecule has 5 rings (SSSR count). The van der Waals surface area contributed by atoms with Crippen molar-refractivity contribution in [3.8, 4) is 17.0 Å². The molecule has 0 aliphatic carbocycles. The van der Waals surface area contributed by atoms with Crippen LogP contribution >= 0.6 is 11.6 Å². The SMILES string of the molecule is COc1nc(CN2C[C@@H](O)C[C@H]2C(=O)O)nc2c1CN(c1cccc(-c3ccccc3)c1Cl)C2. The Bertz CT molecular complexity index is 1220. The van der Waals surface area contributed by atoms with E-state index in [0.29, 0.717) is 29.8 Å². The predicted molar refractivity (Wildman–Crippen MR) is 128 cm³/mol. The van der Waals surface area contributed by atoms with Crippen LogP contribution in [0.3, 0.4) is 0 Å². The van der Waals surface area contributed by atoms with Gasteiger partial charge in [0, 0.05) is 18.5 Å².